The molecule has 0 spiro atoms. The summed E-state index contributed by atoms with van der Waals surface area (Å²) in [7, 11) is 0. The van der Waals surface area contributed by atoms with Crippen molar-refractivity contribution in [1.82, 2.24) is 20.5 Å². The molecule has 2 rings (SSSR count). The number of nitrogens with zero attached hydrogens (tertiary/aromatic N) is 2. The third kappa shape index (κ3) is 4.72. The summed E-state index contributed by atoms with van der Waals surface area (Å²) in [6, 6.07) is 3.51. The Labute approximate surface area is 131 Å². The monoisotopic (exact) mass is 304 g/mol. The highest BCUT2D eigenvalue weighted by Gasteiger charge is 2.24. The van der Waals surface area contributed by atoms with Gasteiger partial charge in [0.1, 0.15) is 0 Å². The van der Waals surface area contributed by atoms with Crippen molar-refractivity contribution in [2.45, 2.75) is 32.7 Å². The SMILES string of the molecule is CC(C)CNC(=O)N1CCC(NC(=O)c2ccncc2)CC1. The maximum Gasteiger partial charge on any atom is 0.317 e. The Bertz CT molecular complexity index is 496. The Kier molecular flexibility index (Phi) is 5.75. The molecule has 3 amide bonds. The van der Waals surface area contributed by atoms with Crippen LogP contribution < -0.4 is 10.6 Å². The van der Waals surface area contributed by atoms with Crippen molar-refractivity contribution in [3.05, 3.63) is 30.1 Å². The Morgan fingerprint density at radius 1 is 1.27 bits per heavy atom. The fourth-order valence-corrected chi connectivity index (χ4v) is 2.40. The smallest absolute Gasteiger partial charge is 0.317 e. The van der Waals surface area contributed by atoms with Gasteiger partial charge in [0.05, 0.1) is 0 Å². The molecule has 22 heavy (non-hydrogen) atoms. The van der Waals surface area contributed by atoms with Gasteiger partial charge in [0, 0.05) is 43.6 Å². The second kappa shape index (κ2) is 7.77. The van der Waals surface area contributed by atoms with Gasteiger partial charge in [-0.15, -0.1) is 0 Å². The normalized spacial score (nSPS) is 15.7. The molecule has 1 aromatic heterocycles. The maximum atomic E-state index is 12.1. The molecule has 6 nitrogen and oxygen atoms in total. The highest BCUT2D eigenvalue weighted by atomic mass is 16.2. The van der Waals surface area contributed by atoms with E-state index in [9.17, 15) is 9.59 Å². The van der Waals surface area contributed by atoms with E-state index in [1.165, 1.54) is 0 Å². The highest BCUT2D eigenvalue weighted by Crippen LogP contribution is 2.11. The number of hydrogen-bond donors (Lipinski definition) is 2. The van der Waals surface area contributed by atoms with Gasteiger partial charge in [-0.05, 0) is 30.9 Å². The average molecular weight is 304 g/mol. The van der Waals surface area contributed by atoms with E-state index in [0.717, 1.165) is 12.8 Å². The molecule has 1 fully saturated rings. The first-order chi connectivity index (χ1) is 10.6. The van der Waals surface area contributed by atoms with Gasteiger partial charge in [0.2, 0.25) is 0 Å². The van der Waals surface area contributed by atoms with E-state index in [2.05, 4.69) is 29.5 Å². The maximum absolute atomic E-state index is 12.1. The van der Waals surface area contributed by atoms with Crippen molar-refractivity contribution in [1.29, 1.82) is 0 Å². The van der Waals surface area contributed by atoms with Crippen LogP contribution in [0, 0.1) is 5.92 Å². The second-order valence-corrected chi connectivity index (χ2v) is 6.05. The van der Waals surface area contributed by atoms with Crippen LogP contribution in [0.15, 0.2) is 24.5 Å². The van der Waals surface area contributed by atoms with Crippen LogP contribution in [0.3, 0.4) is 0 Å². The van der Waals surface area contributed by atoms with Gasteiger partial charge in [-0.3, -0.25) is 9.78 Å². The van der Waals surface area contributed by atoms with Crippen molar-refractivity contribution in [2.75, 3.05) is 19.6 Å². The van der Waals surface area contributed by atoms with Crippen LogP contribution in [-0.4, -0.2) is 47.5 Å². The number of piperidine rings is 1. The van der Waals surface area contributed by atoms with Crippen molar-refractivity contribution in [3.63, 3.8) is 0 Å². The first-order valence-electron chi connectivity index (χ1n) is 7.80. The lowest BCUT2D eigenvalue weighted by Crippen LogP contribution is -2.49. The summed E-state index contributed by atoms with van der Waals surface area (Å²) >= 11 is 0. The molecule has 0 bridgehead atoms. The Hall–Kier alpha value is -2.11. The van der Waals surface area contributed by atoms with Crippen molar-refractivity contribution in [2.24, 2.45) is 5.92 Å². The molecule has 2 heterocycles. The number of nitrogens with one attached hydrogen (secondary N) is 2. The number of rotatable bonds is 4. The van der Waals surface area contributed by atoms with Crippen LogP contribution in [0.4, 0.5) is 4.79 Å². The Balaban J connectivity index is 1.75. The number of carbonyl (C=O) groups is 2. The summed E-state index contributed by atoms with van der Waals surface area (Å²) in [5.41, 5.74) is 0.618. The molecule has 0 saturated carbocycles. The lowest BCUT2D eigenvalue weighted by atomic mass is 10.0. The third-order valence-corrected chi connectivity index (χ3v) is 3.72. The molecule has 2 N–H and O–H groups in total. The number of likely N-dealkylation sites (tertiary alicyclic amines) is 1. The highest BCUT2D eigenvalue weighted by molar-refractivity contribution is 5.94. The second-order valence-electron chi connectivity index (χ2n) is 6.05. The fraction of sp³-hybridized carbons (Fsp3) is 0.562. The molecule has 0 radical (unpaired) electrons. The van der Waals surface area contributed by atoms with Gasteiger partial charge in [-0.2, -0.15) is 0 Å². The summed E-state index contributed by atoms with van der Waals surface area (Å²) in [6.45, 7) is 6.18. The van der Waals surface area contributed by atoms with E-state index >= 15 is 0 Å². The van der Waals surface area contributed by atoms with E-state index in [1.807, 2.05) is 4.90 Å². The zero-order valence-electron chi connectivity index (χ0n) is 13.2. The van der Waals surface area contributed by atoms with Crippen LogP contribution in [0.5, 0.6) is 0 Å². The van der Waals surface area contributed by atoms with Gasteiger partial charge in [-0.1, -0.05) is 13.8 Å². The summed E-state index contributed by atoms with van der Waals surface area (Å²) in [5, 5.41) is 5.95. The average Bonchev–Trinajstić information content (AvgIpc) is 2.54. The van der Waals surface area contributed by atoms with E-state index < -0.39 is 0 Å². The third-order valence-electron chi connectivity index (χ3n) is 3.72. The zero-order chi connectivity index (χ0) is 15.9. The van der Waals surface area contributed by atoms with Crippen LogP contribution in [0.25, 0.3) is 0 Å². The molecule has 0 unspecified atom stereocenters. The van der Waals surface area contributed by atoms with Crippen molar-refractivity contribution < 1.29 is 9.59 Å². The van der Waals surface area contributed by atoms with Crippen LogP contribution in [-0.2, 0) is 0 Å². The summed E-state index contributed by atoms with van der Waals surface area (Å²) in [5.74, 6) is 0.367. The molecule has 0 aromatic carbocycles. The number of aromatic nitrogens is 1. The minimum absolute atomic E-state index is 0.00684. The van der Waals surface area contributed by atoms with E-state index in [1.54, 1.807) is 24.5 Å². The standard InChI is InChI=1S/C16H24N4O2/c1-12(2)11-18-16(22)20-9-5-14(6-10-20)19-15(21)13-3-7-17-8-4-13/h3-4,7-8,12,14H,5-6,9-11H2,1-2H3,(H,18,22)(H,19,21). The molecule has 1 aliphatic rings. The van der Waals surface area contributed by atoms with E-state index in [-0.39, 0.29) is 18.0 Å². The molecule has 0 aliphatic carbocycles. The number of pyridine rings is 1. The van der Waals surface area contributed by atoms with Gasteiger partial charge in [-0.25, -0.2) is 4.79 Å². The number of amides is 3. The molecular weight excluding hydrogens is 280 g/mol. The Morgan fingerprint density at radius 3 is 2.50 bits per heavy atom. The van der Waals surface area contributed by atoms with E-state index in [4.69, 9.17) is 0 Å². The van der Waals surface area contributed by atoms with Crippen LogP contribution in [0.2, 0.25) is 0 Å². The van der Waals surface area contributed by atoms with Gasteiger partial charge in [0.15, 0.2) is 0 Å². The van der Waals surface area contributed by atoms with Crippen molar-refractivity contribution in [3.8, 4) is 0 Å². The number of carbonyl (C=O) groups excluding carboxylic acids is 2. The van der Waals surface area contributed by atoms with Gasteiger partial charge in [0.25, 0.3) is 5.91 Å². The van der Waals surface area contributed by atoms with Gasteiger partial charge < -0.3 is 15.5 Å². The molecule has 120 valence electrons. The van der Waals surface area contributed by atoms with Crippen LogP contribution >= 0.6 is 0 Å². The molecular formula is C16H24N4O2. The minimum atomic E-state index is -0.0786. The predicted molar refractivity (Wildman–Crippen MR) is 84.5 cm³/mol. The first kappa shape index (κ1) is 16.3. The largest absolute Gasteiger partial charge is 0.349 e. The number of hydrogen-bond acceptors (Lipinski definition) is 3. The lowest BCUT2D eigenvalue weighted by Gasteiger charge is -2.32. The quantitative estimate of drug-likeness (QED) is 0.888. The first-order valence-corrected chi connectivity index (χ1v) is 7.80. The zero-order valence-corrected chi connectivity index (χ0v) is 13.2. The molecule has 1 aromatic rings. The topological polar surface area (TPSA) is 74.3 Å². The fourth-order valence-electron chi connectivity index (χ4n) is 2.40. The minimum Gasteiger partial charge on any atom is -0.349 e. The Morgan fingerprint density at radius 2 is 1.91 bits per heavy atom. The molecule has 1 aliphatic heterocycles. The number of urea groups is 1. The molecule has 1 saturated heterocycles. The summed E-state index contributed by atoms with van der Waals surface area (Å²) in [4.78, 5) is 29.8. The van der Waals surface area contributed by atoms with E-state index in [0.29, 0.717) is 31.1 Å². The molecule has 0 atom stereocenters. The molecule has 6 heteroatoms. The lowest BCUT2D eigenvalue weighted by molar-refractivity contribution is 0.0917. The predicted octanol–water partition coefficient (Wildman–Crippen LogP) is 1.64. The van der Waals surface area contributed by atoms with Crippen molar-refractivity contribution >= 4 is 11.9 Å². The summed E-state index contributed by atoms with van der Waals surface area (Å²) in [6.07, 6.45) is 4.78. The summed E-state index contributed by atoms with van der Waals surface area (Å²) < 4.78 is 0. The van der Waals surface area contributed by atoms with Crippen LogP contribution in [0.1, 0.15) is 37.0 Å². The van der Waals surface area contributed by atoms with Gasteiger partial charge >= 0.3 is 6.03 Å².